The van der Waals surface area contributed by atoms with E-state index in [-0.39, 0.29) is 0 Å². The third-order valence-electron chi connectivity index (χ3n) is 2.18. The van der Waals surface area contributed by atoms with Crippen LogP contribution in [-0.2, 0) is 0 Å². The summed E-state index contributed by atoms with van der Waals surface area (Å²) in [6.45, 7) is 2.00. The van der Waals surface area contributed by atoms with Crippen molar-refractivity contribution >= 4 is 17.5 Å². The number of hydrogen-bond acceptors (Lipinski definition) is 2. The fraction of sp³-hybridized carbons (Fsp3) is 0.0714. The summed E-state index contributed by atoms with van der Waals surface area (Å²) >= 11 is 0. The highest BCUT2D eigenvalue weighted by Crippen LogP contribution is 2.16. The second kappa shape index (κ2) is 5.12. The number of hydrogen-bond donors (Lipinski definition) is 1. The van der Waals surface area contributed by atoms with Crippen molar-refractivity contribution in [3.8, 4) is 0 Å². The van der Waals surface area contributed by atoms with Gasteiger partial charge in [0.2, 0.25) is 0 Å². The Morgan fingerprint density at radius 3 is 2.62 bits per heavy atom. The molecule has 0 spiro atoms. The molecule has 0 bridgehead atoms. The number of rotatable bonds is 3. The molecule has 2 aromatic rings. The van der Waals surface area contributed by atoms with Gasteiger partial charge in [-0.1, -0.05) is 30.4 Å². The van der Waals surface area contributed by atoms with E-state index in [2.05, 4.69) is 16.4 Å². The van der Waals surface area contributed by atoms with Crippen molar-refractivity contribution in [2.24, 2.45) is 0 Å². The molecule has 1 aromatic heterocycles. The molecule has 0 unspecified atom stereocenters. The Bertz CT molecular complexity index is 475. The molecule has 0 radical (unpaired) electrons. The van der Waals surface area contributed by atoms with Gasteiger partial charge in [0.1, 0.15) is 0 Å². The van der Waals surface area contributed by atoms with Crippen LogP contribution in [0.4, 0.5) is 11.4 Å². The van der Waals surface area contributed by atoms with E-state index in [0.29, 0.717) is 0 Å². The maximum atomic E-state index is 4.19. The van der Waals surface area contributed by atoms with Crippen molar-refractivity contribution < 1.29 is 0 Å². The molecular weight excluding hydrogens is 196 g/mol. The third-order valence-corrected chi connectivity index (χ3v) is 2.18. The van der Waals surface area contributed by atoms with Crippen LogP contribution in [0.2, 0.25) is 0 Å². The SMILES string of the molecule is C/C=C/c1cncc(Nc2ccccc2)c1. The average Bonchev–Trinajstić information content (AvgIpc) is 2.31. The van der Waals surface area contributed by atoms with E-state index in [1.165, 1.54) is 0 Å². The van der Waals surface area contributed by atoms with Gasteiger partial charge < -0.3 is 5.32 Å². The Morgan fingerprint density at radius 1 is 1.06 bits per heavy atom. The van der Waals surface area contributed by atoms with Crippen LogP contribution in [0.25, 0.3) is 6.08 Å². The summed E-state index contributed by atoms with van der Waals surface area (Å²) in [5.41, 5.74) is 3.17. The molecule has 1 heterocycles. The van der Waals surface area contributed by atoms with Gasteiger partial charge in [-0.25, -0.2) is 0 Å². The van der Waals surface area contributed by atoms with Gasteiger partial charge in [-0.3, -0.25) is 4.98 Å². The first-order chi connectivity index (χ1) is 7.88. The second-order valence-corrected chi connectivity index (χ2v) is 3.50. The van der Waals surface area contributed by atoms with Crippen molar-refractivity contribution in [1.82, 2.24) is 4.98 Å². The fourth-order valence-corrected chi connectivity index (χ4v) is 1.50. The maximum Gasteiger partial charge on any atom is 0.0576 e. The summed E-state index contributed by atoms with van der Waals surface area (Å²) in [5, 5.41) is 3.31. The van der Waals surface area contributed by atoms with Gasteiger partial charge in [0, 0.05) is 11.9 Å². The summed E-state index contributed by atoms with van der Waals surface area (Å²) < 4.78 is 0. The molecule has 80 valence electrons. The molecule has 16 heavy (non-hydrogen) atoms. The van der Waals surface area contributed by atoms with Crippen LogP contribution in [0, 0.1) is 0 Å². The highest BCUT2D eigenvalue weighted by atomic mass is 14.9. The Labute approximate surface area is 95.7 Å². The summed E-state index contributed by atoms with van der Waals surface area (Å²) in [6.07, 6.45) is 7.70. The maximum absolute atomic E-state index is 4.19. The van der Waals surface area contributed by atoms with Gasteiger partial charge in [-0.15, -0.1) is 0 Å². The fourth-order valence-electron chi connectivity index (χ4n) is 1.50. The number of nitrogens with zero attached hydrogens (tertiary/aromatic N) is 1. The minimum Gasteiger partial charge on any atom is -0.354 e. The number of nitrogens with one attached hydrogen (secondary N) is 1. The quantitative estimate of drug-likeness (QED) is 0.832. The van der Waals surface area contributed by atoms with Gasteiger partial charge in [-0.2, -0.15) is 0 Å². The zero-order chi connectivity index (χ0) is 11.2. The largest absolute Gasteiger partial charge is 0.354 e. The standard InChI is InChI=1S/C14H14N2/c1-2-6-12-9-14(11-15-10-12)16-13-7-4-3-5-8-13/h2-11,16H,1H3/b6-2+. The summed E-state index contributed by atoms with van der Waals surface area (Å²) in [6, 6.07) is 12.1. The summed E-state index contributed by atoms with van der Waals surface area (Å²) in [7, 11) is 0. The lowest BCUT2D eigenvalue weighted by molar-refractivity contribution is 1.31. The van der Waals surface area contributed by atoms with E-state index in [9.17, 15) is 0 Å². The molecule has 0 amide bonds. The summed E-state index contributed by atoms with van der Waals surface area (Å²) in [5.74, 6) is 0. The van der Waals surface area contributed by atoms with Crippen LogP contribution in [0.15, 0.2) is 54.9 Å². The van der Waals surface area contributed by atoms with E-state index in [0.717, 1.165) is 16.9 Å². The first kappa shape index (κ1) is 10.4. The predicted molar refractivity (Wildman–Crippen MR) is 68.7 cm³/mol. The van der Waals surface area contributed by atoms with Gasteiger partial charge >= 0.3 is 0 Å². The average molecular weight is 210 g/mol. The van der Waals surface area contributed by atoms with Gasteiger partial charge in [0.15, 0.2) is 0 Å². The Hall–Kier alpha value is -2.09. The Balaban J connectivity index is 2.19. The van der Waals surface area contributed by atoms with E-state index in [1.54, 1.807) is 0 Å². The Morgan fingerprint density at radius 2 is 1.88 bits per heavy atom. The van der Waals surface area contributed by atoms with Crippen molar-refractivity contribution in [2.75, 3.05) is 5.32 Å². The van der Waals surface area contributed by atoms with Gasteiger partial charge in [-0.05, 0) is 30.7 Å². The molecule has 0 aliphatic rings. The highest BCUT2D eigenvalue weighted by molar-refractivity contribution is 5.62. The lowest BCUT2D eigenvalue weighted by Gasteiger charge is -2.05. The number of aromatic nitrogens is 1. The summed E-state index contributed by atoms with van der Waals surface area (Å²) in [4.78, 5) is 4.19. The molecule has 2 rings (SSSR count). The predicted octanol–water partition coefficient (Wildman–Crippen LogP) is 3.86. The minimum absolute atomic E-state index is 1.00. The first-order valence-electron chi connectivity index (χ1n) is 5.28. The number of allylic oxidation sites excluding steroid dienone is 1. The molecule has 0 atom stereocenters. The molecule has 0 saturated heterocycles. The topological polar surface area (TPSA) is 24.9 Å². The molecule has 2 heteroatoms. The smallest absolute Gasteiger partial charge is 0.0576 e. The molecule has 2 nitrogen and oxygen atoms in total. The first-order valence-corrected chi connectivity index (χ1v) is 5.28. The van der Waals surface area contributed by atoms with Crippen molar-refractivity contribution in [3.63, 3.8) is 0 Å². The highest BCUT2D eigenvalue weighted by Gasteiger charge is 1.94. The molecular formula is C14H14N2. The molecule has 1 aromatic carbocycles. The van der Waals surface area contributed by atoms with Crippen LogP contribution >= 0.6 is 0 Å². The van der Waals surface area contributed by atoms with E-state index < -0.39 is 0 Å². The Kier molecular flexibility index (Phi) is 3.34. The van der Waals surface area contributed by atoms with Gasteiger partial charge in [0.05, 0.1) is 11.9 Å². The van der Waals surface area contributed by atoms with Crippen molar-refractivity contribution in [2.45, 2.75) is 6.92 Å². The number of anilines is 2. The lowest BCUT2D eigenvalue weighted by Crippen LogP contribution is -1.91. The number of para-hydroxylation sites is 1. The second-order valence-electron chi connectivity index (χ2n) is 3.50. The minimum atomic E-state index is 1.00. The van der Waals surface area contributed by atoms with Crippen molar-refractivity contribution in [1.29, 1.82) is 0 Å². The van der Waals surface area contributed by atoms with E-state index in [4.69, 9.17) is 0 Å². The van der Waals surface area contributed by atoms with Crippen LogP contribution in [0.3, 0.4) is 0 Å². The van der Waals surface area contributed by atoms with Crippen LogP contribution < -0.4 is 5.32 Å². The molecule has 0 aliphatic heterocycles. The lowest BCUT2D eigenvalue weighted by atomic mass is 10.2. The van der Waals surface area contributed by atoms with E-state index >= 15 is 0 Å². The van der Waals surface area contributed by atoms with Crippen LogP contribution in [0.1, 0.15) is 12.5 Å². The van der Waals surface area contributed by atoms with Crippen LogP contribution in [-0.4, -0.2) is 4.98 Å². The normalized spacial score (nSPS) is 10.6. The van der Waals surface area contributed by atoms with Crippen molar-refractivity contribution in [3.05, 3.63) is 60.4 Å². The molecule has 0 aliphatic carbocycles. The molecule has 1 N–H and O–H groups in total. The third kappa shape index (κ3) is 2.70. The number of benzene rings is 1. The molecule has 0 saturated carbocycles. The van der Waals surface area contributed by atoms with Crippen LogP contribution in [0.5, 0.6) is 0 Å². The zero-order valence-corrected chi connectivity index (χ0v) is 9.22. The van der Waals surface area contributed by atoms with E-state index in [1.807, 2.05) is 61.8 Å². The van der Waals surface area contributed by atoms with Gasteiger partial charge in [0.25, 0.3) is 0 Å². The zero-order valence-electron chi connectivity index (χ0n) is 9.22. The monoisotopic (exact) mass is 210 g/mol. The number of pyridine rings is 1. The molecule has 0 fully saturated rings.